The van der Waals surface area contributed by atoms with Gasteiger partial charge in [-0.3, -0.25) is 0 Å². The highest BCUT2D eigenvalue weighted by molar-refractivity contribution is 7.07. The van der Waals surface area contributed by atoms with Gasteiger partial charge in [0, 0.05) is 13.1 Å². The van der Waals surface area contributed by atoms with Crippen molar-refractivity contribution in [3.63, 3.8) is 0 Å². The van der Waals surface area contributed by atoms with Gasteiger partial charge >= 0.3 is 0 Å². The summed E-state index contributed by atoms with van der Waals surface area (Å²) in [6, 6.07) is 2.16. The Morgan fingerprint density at radius 2 is 2.50 bits per heavy atom. The Hall–Kier alpha value is -0.380. The molecule has 0 bridgehead atoms. The minimum Gasteiger partial charge on any atom is -0.368 e. The second-order valence-corrected chi connectivity index (χ2v) is 4.53. The third-order valence-corrected chi connectivity index (χ3v) is 3.29. The molecule has 0 aliphatic carbocycles. The van der Waals surface area contributed by atoms with Crippen molar-refractivity contribution in [1.29, 1.82) is 0 Å². The van der Waals surface area contributed by atoms with Crippen molar-refractivity contribution in [2.24, 2.45) is 0 Å². The van der Waals surface area contributed by atoms with E-state index in [9.17, 15) is 0 Å². The quantitative estimate of drug-likeness (QED) is 0.829. The van der Waals surface area contributed by atoms with Crippen LogP contribution < -0.4 is 5.32 Å². The van der Waals surface area contributed by atoms with Crippen LogP contribution in [0.1, 0.15) is 31.4 Å². The summed E-state index contributed by atoms with van der Waals surface area (Å²) in [5.74, 6) is 0. The number of rotatable bonds is 3. The highest BCUT2D eigenvalue weighted by atomic mass is 32.1. The summed E-state index contributed by atoms with van der Waals surface area (Å²) in [5, 5.41) is 7.73. The largest absolute Gasteiger partial charge is 0.368 e. The summed E-state index contributed by atoms with van der Waals surface area (Å²) < 4.78 is 6.02. The van der Waals surface area contributed by atoms with Gasteiger partial charge in [0.25, 0.3) is 0 Å². The molecule has 1 N–H and O–H groups in total. The van der Waals surface area contributed by atoms with Crippen LogP contribution in [0.3, 0.4) is 0 Å². The van der Waals surface area contributed by atoms with E-state index in [4.69, 9.17) is 4.74 Å². The van der Waals surface area contributed by atoms with Crippen molar-refractivity contribution in [3.05, 3.63) is 22.4 Å². The second-order valence-electron chi connectivity index (χ2n) is 3.75. The average molecular weight is 211 g/mol. The van der Waals surface area contributed by atoms with E-state index in [0.717, 1.165) is 19.5 Å². The summed E-state index contributed by atoms with van der Waals surface area (Å²) in [7, 11) is 0. The van der Waals surface area contributed by atoms with E-state index in [-0.39, 0.29) is 6.10 Å². The molecule has 3 heteroatoms. The highest BCUT2D eigenvalue weighted by Crippen LogP contribution is 2.24. The average Bonchev–Trinajstić information content (AvgIpc) is 2.71. The Bertz CT molecular complexity index is 258. The Labute approximate surface area is 89.3 Å². The number of morpholine rings is 1. The zero-order valence-electron chi connectivity index (χ0n) is 8.53. The Morgan fingerprint density at radius 3 is 3.21 bits per heavy atom. The second kappa shape index (κ2) is 4.91. The standard InChI is InChI=1S/C11H17NOS/c1-2-3-10-6-12-7-11(13-10)9-4-5-14-8-9/h4-5,8,10-12H,2-3,6-7H2,1H3. The van der Waals surface area contributed by atoms with E-state index in [1.54, 1.807) is 11.3 Å². The van der Waals surface area contributed by atoms with Gasteiger partial charge in [-0.15, -0.1) is 0 Å². The molecule has 2 heterocycles. The normalized spacial score (nSPS) is 27.8. The fourth-order valence-corrected chi connectivity index (χ4v) is 2.55. The minimum atomic E-state index is 0.270. The molecule has 0 amide bonds. The number of hydrogen-bond donors (Lipinski definition) is 1. The first-order valence-corrected chi connectivity index (χ1v) is 6.22. The molecular weight excluding hydrogens is 194 g/mol. The van der Waals surface area contributed by atoms with Crippen molar-refractivity contribution in [1.82, 2.24) is 5.32 Å². The maximum atomic E-state index is 6.02. The zero-order valence-corrected chi connectivity index (χ0v) is 9.35. The lowest BCUT2D eigenvalue weighted by Crippen LogP contribution is -2.40. The molecule has 1 aliphatic heterocycles. The third-order valence-electron chi connectivity index (χ3n) is 2.58. The van der Waals surface area contributed by atoms with Crippen molar-refractivity contribution < 1.29 is 4.74 Å². The lowest BCUT2D eigenvalue weighted by molar-refractivity contribution is -0.0423. The molecule has 1 aliphatic rings. The predicted molar refractivity (Wildman–Crippen MR) is 59.7 cm³/mol. The molecule has 1 aromatic rings. The van der Waals surface area contributed by atoms with Gasteiger partial charge in [-0.2, -0.15) is 11.3 Å². The van der Waals surface area contributed by atoms with Gasteiger partial charge in [-0.25, -0.2) is 0 Å². The van der Waals surface area contributed by atoms with Crippen LogP contribution in [0.4, 0.5) is 0 Å². The Kier molecular flexibility index (Phi) is 3.56. The van der Waals surface area contributed by atoms with Crippen molar-refractivity contribution in [2.45, 2.75) is 32.0 Å². The molecule has 1 fully saturated rings. The Morgan fingerprint density at radius 1 is 1.57 bits per heavy atom. The molecule has 1 saturated heterocycles. The third kappa shape index (κ3) is 2.35. The van der Waals surface area contributed by atoms with Crippen LogP contribution in [0.2, 0.25) is 0 Å². The van der Waals surface area contributed by atoms with Crippen LogP contribution in [0.5, 0.6) is 0 Å². The lowest BCUT2D eigenvalue weighted by atomic mass is 10.1. The molecule has 14 heavy (non-hydrogen) atoms. The maximum Gasteiger partial charge on any atom is 0.0961 e. The van der Waals surface area contributed by atoms with E-state index >= 15 is 0 Å². The summed E-state index contributed by atoms with van der Waals surface area (Å²) in [6.07, 6.45) is 3.03. The fraction of sp³-hybridized carbons (Fsp3) is 0.636. The molecule has 0 saturated carbocycles. The smallest absolute Gasteiger partial charge is 0.0961 e. The molecule has 2 rings (SSSR count). The lowest BCUT2D eigenvalue weighted by Gasteiger charge is -2.30. The van der Waals surface area contributed by atoms with Crippen LogP contribution in [0.25, 0.3) is 0 Å². The first kappa shape index (κ1) is 10.1. The van der Waals surface area contributed by atoms with Gasteiger partial charge in [0.05, 0.1) is 12.2 Å². The molecule has 0 radical (unpaired) electrons. The maximum absolute atomic E-state index is 6.02. The van der Waals surface area contributed by atoms with E-state index in [1.165, 1.54) is 12.0 Å². The number of nitrogens with one attached hydrogen (secondary N) is 1. The van der Waals surface area contributed by atoms with Gasteiger partial charge in [-0.05, 0) is 28.8 Å². The van der Waals surface area contributed by atoms with Crippen molar-refractivity contribution in [3.8, 4) is 0 Å². The fourth-order valence-electron chi connectivity index (χ4n) is 1.85. The topological polar surface area (TPSA) is 21.3 Å². The molecule has 2 nitrogen and oxygen atoms in total. The number of hydrogen-bond acceptors (Lipinski definition) is 3. The highest BCUT2D eigenvalue weighted by Gasteiger charge is 2.22. The molecule has 0 spiro atoms. The zero-order chi connectivity index (χ0) is 9.80. The van der Waals surface area contributed by atoms with Crippen molar-refractivity contribution >= 4 is 11.3 Å². The van der Waals surface area contributed by atoms with Gasteiger partial charge in [0.2, 0.25) is 0 Å². The van der Waals surface area contributed by atoms with Crippen LogP contribution in [0.15, 0.2) is 16.8 Å². The van der Waals surface area contributed by atoms with Gasteiger partial charge in [-0.1, -0.05) is 13.3 Å². The summed E-state index contributed by atoms with van der Waals surface area (Å²) in [6.45, 7) is 4.17. The van der Waals surface area contributed by atoms with Crippen molar-refractivity contribution in [2.75, 3.05) is 13.1 Å². The van der Waals surface area contributed by atoms with Crippen LogP contribution in [-0.2, 0) is 4.74 Å². The summed E-state index contributed by atoms with van der Waals surface area (Å²) >= 11 is 1.74. The first-order chi connectivity index (χ1) is 6.90. The first-order valence-electron chi connectivity index (χ1n) is 5.28. The molecule has 78 valence electrons. The number of ether oxygens (including phenoxy) is 1. The molecular formula is C11H17NOS. The van der Waals surface area contributed by atoms with Crippen LogP contribution in [-0.4, -0.2) is 19.2 Å². The van der Waals surface area contributed by atoms with E-state index < -0.39 is 0 Å². The molecule has 0 aromatic carbocycles. The number of thiophene rings is 1. The minimum absolute atomic E-state index is 0.270. The summed E-state index contributed by atoms with van der Waals surface area (Å²) in [5.41, 5.74) is 1.32. The van der Waals surface area contributed by atoms with Crippen LogP contribution in [0, 0.1) is 0 Å². The van der Waals surface area contributed by atoms with Gasteiger partial charge < -0.3 is 10.1 Å². The SMILES string of the molecule is CCCC1CNCC(c2ccsc2)O1. The van der Waals surface area contributed by atoms with Crippen LogP contribution >= 0.6 is 11.3 Å². The monoisotopic (exact) mass is 211 g/mol. The van der Waals surface area contributed by atoms with E-state index in [0.29, 0.717) is 6.10 Å². The summed E-state index contributed by atoms with van der Waals surface area (Å²) in [4.78, 5) is 0. The molecule has 2 atom stereocenters. The predicted octanol–water partition coefficient (Wildman–Crippen LogP) is 2.58. The van der Waals surface area contributed by atoms with Gasteiger partial charge in [0.15, 0.2) is 0 Å². The Balaban J connectivity index is 1.94. The van der Waals surface area contributed by atoms with Gasteiger partial charge in [0.1, 0.15) is 0 Å². The van der Waals surface area contributed by atoms with E-state index in [1.807, 2.05) is 0 Å². The molecule has 2 unspecified atom stereocenters. The van der Waals surface area contributed by atoms with E-state index in [2.05, 4.69) is 29.1 Å². The molecule has 1 aromatic heterocycles.